The van der Waals surface area contributed by atoms with E-state index in [1.54, 1.807) is 0 Å². The molecule has 2 aliphatic rings. The van der Waals surface area contributed by atoms with Crippen LogP contribution >= 0.6 is 0 Å². The zero-order chi connectivity index (χ0) is 27.0. The second-order valence-electron chi connectivity index (χ2n) is 11.3. The monoisotopic (exact) mass is 510 g/mol. The summed E-state index contributed by atoms with van der Waals surface area (Å²) in [6, 6.07) is 6.13. The molecule has 1 aromatic carbocycles. The average molecular weight is 511 g/mol. The Balaban J connectivity index is 1.58. The van der Waals surface area contributed by atoms with Crippen molar-refractivity contribution >= 4 is 30.0 Å². The molecule has 2 amide bonds. The quantitative estimate of drug-likeness (QED) is 0.415. The van der Waals surface area contributed by atoms with Crippen molar-refractivity contribution in [3.8, 4) is 0 Å². The standard InChI is InChI=1S/C30H46N4O3/c1-6-23(2)20-33-15-11-30(12-16-33)13-17-34(18-14-30)27-8-9-28(26(19-27)21-35)25(4)32(5)24(3)7-10-29(37)31-22-36/h8-9,19,21-24H,4,6-7,10-18,20H2,1-3,5H3,(H,31,36,37). The van der Waals surface area contributed by atoms with Gasteiger partial charge in [-0.05, 0) is 75.6 Å². The first-order valence-electron chi connectivity index (χ1n) is 13.9. The van der Waals surface area contributed by atoms with Crippen molar-refractivity contribution in [2.24, 2.45) is 11.3 Å². The van der Waals surface area contributed by atoms with E-state index >= 15 is 0 Å². The Morgan fingerprint density at radius 1 is 1.14 bits per heavy atom. The Hall–Kier alpha value is -2.67. The van der Waals surface area contributed by atoms with Crippen LogP contribution in [0.4, 0.5) is 5.69 Å². The molecule has 1 N–H and O–H groups in total. The van der Waals surface area contributed by atoms with Gasteiger partial charge in [-0.25, -0.2) is 0 Å². The summed E-state index contributed by atoms with van der Waals surface area (Å²) >= 11 is 0. The van der Waals surface area contributed by atoms with Gasteiger partial charge in [0.2, 0.25) is 12.3 Å². The predicted molar refractivity (Wildman–Crippen MR) is 151 cm³/mol. The van der Waals surface area contributed by atoms with Gasteiger partial charge in [0.05, 0.1) is 0 Å². The molecule has 2 unspecified atom stereocenters. The summed E-state index contributed by atoms with van der Waals surface area (Å²) in [6.07, 6.45) is 8.44. The largest absolute Gasteiger partial charge is 0.372 e. The van der Waals surface area contributed by atoms with E-state index in [-0.39, 0.29) is 18.4 Å². The minimum Gasteiger partial charge on any atom is -0.372 e. The van der Waals surface area contributed by atoms with Crippen LogP contribution in [0.5, 0.6) is 0 Å². The van der Waals surface area contributed by atoms with E-state index < -0.39 is 0 Å². The van der Waals surface area contributed by atoms with Crippen LogP contribution in [0.15, 0.2) is 24.8 Å². The highest BCUT2D eigenvalue weighted by Crippen LogP contribution is 2.42. The van der Waals surface area contributed by atoms with Crippen LogP contribution < -0.4 is 10.2 Å². The number of hydrogen-bond acceptors (Lipinski definition) is 6. The summed E-state index contributed by atoms with van der Waals surface area (Å²) in [4.78, 5) is 41.2. The van der Waals surface area contributed by atoms with Crippen molar-refractivity contribution < 1.29 is 14.4 Å². The number of nitrogens with one attached hydrogen (secondary N) is 1. The first kappa shape index (κ1) is 28.9. The number of likely N-dealkylation sites (tertiary alicyclic amines) is 1. The van der Waals surface area contributed by atoms with Crippen molar-refractivity contribution in [3.05, 3.63) is 35.9 Å². The van der Waals surface area contributed by atoms with Crippen molar-refractivity contribution in [3.63, 3.8) is 0 Å². The fourth-order valence-corrected chi connectivity index (χ4v) is 5.75. The number of aldehydes is 1. The van der Waals surface area contributed by atoms with Gasteiger partial charge < -0.3 is 14.7 Å². The van der Waals surface area contributed by atoms with Crippen LogP contribution in [0.25, 0.3) is 5.70 Å². The maximum absolute atomic E-state index is 12.0. The molecular weight excluding hydrogens is 464 g/mol. The molecule has 0 aliphatic carbocycles. The van der Waals surface area contributed by atoms with Crippen LogP contribution in [0.2, 0.25) is 0 Å². The van der Waals surface area contributed by atoms with E-state index in [1.807, 2.05) is 31.0 Å². The third-order valence-corrected chi connectivity index (χ3v) is 8.94. The Morgan fingerprint density at radius 2 is 1.78 bits per heavy atom. The van der Waals surface area contributed by atoms with Gasteiger partial charge in [0, 0.05) is 61.7 Å². The molecule has 204 valence electrons. The van der Waals surface area contributed by atoms with Crippen LogP contribution in [-0.4, -0.2) is 74.2 Å². The molecule has 2 saturated heterocycles. The lowest BCUT2D eigenvalue weighted by Crippen LogP contribution is -2.47. The van der Waals surface area contributed by atoms with Crippen molar-refractivity contribution in [1.82, 2.24) is 15.1 Å². The third-order valence-electron chi connectivity index (χ3n) is 8.94. The number of carbonyl (C=O) groups is 3. The molecule has 1 spiro atoms. The van der Waals surface area contributed by atoms with Crippen molar-refractivity contribution in [2.45, 2.75) is 71.8 Å². The minimum absolute atomic E-state index is 0.0268. The number of imide groups is 1. The van der Waals surface area contributed by atoms with E-state index in [4.69, 9.17) is 0 Å². The normalized spacial score (nSPS) is 19.2. The molecule has 0 aromatic heterocycles. The van der Waals surface area contributed by atoms with Gasteiger partial charge >= 0.3 is 0 Å². The SMILES string of the molecule is C=C(c1ccc(N2CCC3(CCN(CC(C)CC)CC3)CC2)cc1C=O)N(C)C(C)CCC(=O)NC=O. The maximum Gasteiger partial charge on any atom is 0.226 e. The van der Waals surface area contributed by atoms with Crippen LogP contribution in [0.1, 0.15) is 81.6 Å². The number of benzene rings is 1. The van der Waals surface area contributed by atoms with Gasteiger partial charge in [-0.15, -0.1) is 0 Å². The number of amides is 2. The molecule has 2 fully saturated rings. The summed E-state index contributed by atoms with van der Waals surface area (Å²) in [5, 5.41) is 2.17. The minimum atomic E-state index is -0.293. The van der Waals surface area contributed by atoms with E-state index in [9.17, 15) is 14.4 Å². The first-order chi connectivity index (χ1) is 17.7. The molecule has 2 heterocycles. The number of hydrogen-bond donors (Lipinski definition) is 1. The third kappa shape index (κ3) is 7.44. The fraction of sp³-hybridized carbons (Fsp3) is 0.633. The predicted octanol–water partition coefficient (Wildman–Crippen LogP) is 4.57. The lowest BCUT2D eigenvalue weighted by Gasteiger charge is -2.47. The molecule has 2 aliphatic heterocycles. The maximum atomic E-state index is 12.0. The number of rotatable bonds is 12. The molecule has 7 nitrogen and oxygen atoms in total. The zero-order valence-corrected chi connectivity index (χ0v) is 23.3. The molecule has 1 aromatic rings. The second-order valence-corrected chi connectivity index (χ2v) is 11.3. The Kier molecular flexibility index (Phi) is 10.3. The zero-order valence-electron chi connectivity index (χ0n) is 23.3. The van der Waals surface area contributed by atoms with Gasteiger partial charge in [0.1, 0.15) is 0 Å². The molecule has 0 radical (unpaired) electrons. The molecule has 2 atom stereocenters. The molecule has 3 rings (SSSR count). The van der Waals surface area contributed by atoms with Gasteiger partial charge in [0.25, 0.3) is 0 Å². The summed E-state index contributed by atoms with van der Waals surface area (Å²) in [5.41, 5.74) is 3.78. The Morgan fingerprint density at radius 3 is 2.38 bits per heavy atom. The second kappa shape index (κ2) is 13.2. The van der Waals surface area contributed by atoms with Crippen molar-refractivity contribution in [2.75, 3.05) is 44.7 Å². The topological polar surface area (TPSA) is 73.0 Å². The van der Waals surface area contributed by atoms with Crippen LogP contribution in [0.3, 0.4) is 0 Å². The van der Waals surface area contributed by atoms with E-state index in [1.165, 1.54) is 51.7 Å². The van der Waals surface area contributed by atoms with Gasteiger partial charge in [-0.1, -0.05) is 32.9 Å². The lowest BCUT2D eigenvalue weighted by atomic mass is 9.71. The van der Waals surface area contributed by atoms with E-state index in [0.717, 1.165) is 42.2 Å². The van der Waals surface area contributed by atoms with Crippen LogP contribution in [-0.2, 0) is 9.59 Å². The molecule has 7 heteroatoms. The highest BCUT2D eigenvalue weighted by molar-refractivity contribution is 5.87. The Bertz CT molecular complexity index is 944. The lowest BCUT2D eigenvalue weighted by molar-refractivity contribution is -0.125. The van der Waals surface area contributed by atoms with Gasteiger partial charge in [-0.3, -0.25) is 19.7 Å². The van der Waals surface area contributed by atoms with E-state index in [0.29, 0.717) is 23.8 Å². The van der Waals surface area contributed by atoms with Gasteiger partial charge in [0.15, 0.2) is 6.29 Å². The molecule has 37 heavy (non-hydrogen) atoms. The van der Waals surface area contributed by atoms with Gasteiger partial charge in [-0.2, -0.15) is 0 Å². The number of nitrogens with zero attached hydrogens (tertiary/aromatic N) is 3. The van der Waals surface area contributed by atoms with Crippen molar-refractivity contribution in [1.29, 1.82) is 0 Å². The molecular formula is C30H46N4O3. The van der Waals surface area contributed by atoms with E-state index in [2.05, 4.69) is 41.6 Å². The number of piperidine rings is 2. The van der Waals surface area contributed by atoms with Crippen LogP contribution in [0, 0.1) is 11.3 Å². The summed E-state index contributed by atoms with van der Waals surface area (Å²) < 4.78 is 0. The highest BCUT2D eigenvalue weighted by atomic mass is 16.2. The summed E-state index contributed by atoms with van der Waals surface area (Å²) in [7, 11) is 1.92. The molecule has 0 bridgehead atoms. The summed E-state index contributed by atoms with van der Waals surface area (Å²) in [6.45, 7) is 16.6. The molecule has 0 saturated carbocycles. The highest BCUT2D eigenvalue weighted by Gasteiger charge is 2.37. The smallest absolute Gasteiger partial charge is 0.226 e. The average Bonchev–Trinajstić information content (AvgIpc) is 2.92. The summed E-state index contributed by atoms with van der Waals surface area (Å²) in [5.74, 6) is 0.485. The number of anilines is 1. The Labute approximate surface area is 223 Å². The fourth-order valence-electron chi connectivity index (χ4n) is 5.75. The number of carbonyl (C=O) groups excluding carboxylic acids is 3. The first-order valence-corrected chi connectivity index (χ1v) is 13.9.